The third kappa shape index (κ3) is 4.51. The number of esters is 1. The monoisotopic (exact) mass is 454 g/mol. The quantitative estimate of drug-likeness (QED) is 0.479. The van der Waals surface area contributed by atoms with Gasteiger partial charge in [-0.1, -0.05) is 11.6 Å². The van der Waals surface area contributed by atoms with Crippen molar-refractivity contribution >= 4 is 28.9 Å². The van der Waals surface area contributed by atoms with Crippen LogP contribution < -0.4 is 4.74 Å². The van der Waals surface area contributed by atoms with Gasteiger partial charge < -0.3 is 14.2 Å². The van der Waals surface area contributed by atoms with Crippen molar-refractivity contribution in [2.45, 2.75) is 66.1 Å². The Morgan fingerprint density at radius 2 is 2.07 bits per heavy atom. The minimum absolute atomic E-state index is 0.235. The van der Waals surface area contributed by atoms with Crippen molar-refractivity contribution in [1.29, 1.82) is 0 Å². The van der Waals surface area contributed by atoms with Crippen molar-refractivity contribution in [1.82, 2.24) is 0 Å². The summed E-state index contributed by atoms with van der Waals surface area (Å²) in [6.07, 6.45) is 0.610. The van der Waals surface area contributed by atoms with Crippen molar-refractivity contribution in [3.8, 4) is 16.9 Å². The highest BCUT2D eigenvalue weighted by Crippen LogP contribution is 2.48. The first-order chi connectivity index (χ1) is 14.0. The van der Waals surface area contributed by atoms with Gasteiger partial charge >= 0.3 is 5.97 Å². The third-order valence-electron chi connectivity index (χ3n) is 5.03. The van der Waals surface area contributed by atoms with Crippen LogP contribution in [0.5, 0.6) is 5.75 Å². The topological polar surface area (TPSA) is 44.8 Å². The molecule has 164 valence electrons. The number of carbonyl (C=O) groups is 1. The zero-order valence-electron chi connectivity index (χ0n) is 18.3. The van der Waals surface area contributed by atoms with Gasteiger partial charge in [0.05, 0.1) is 18.8 Å². The first-order valence-corrected chi connectivity index (χ1v) is 11.3. The second-order valence-corrected chi connectivity index (χ2v) is 10.2. The number of fused-ring (bicyclic) bond motifs is 1. The van der Waals surface area contributed by atoms with E-state index in [9.17, 15) is 9.18 Å². The molecule has 1 aromatic carbocycles. The number of carbonyl (C=O) groups excluding carboxylic acids is 1. The first kappa shape index (κ1) is 23.0. The lowest BCUT2D eigenvalue weighted by atomic mass is 9.90. The summed E-state index contributed by atoms with van der Waals surface area (Å²) >= 11 is 8.00. The van der Waals surface area contributed by atoms with Crippen LogP contribution in [0.15, 0.2) is 6.07 Å². The van der Waals surface area contributed by atoms with Crippen LogP contribution in [0.25, 0.3) is 11.1 Å². The maximum absolute atomic E-state index is 14.9. The molecule has 30 heavy (non-hydrogen) atoms. The average Bonchev–Trinajstić information content (AvgIpc) is 2.96. The number of aryl methyl sites for hydroxylation is 1. The molecule has 2 heterocycles. The molecule has 1 aromatic heterocycles. The zero-order chi connectivity index (χ0) is 22.2. The predicted molar refractivity (Wildman–Crippen MR) is 118 cm³/mol. The summed E-state index contributed by atoms with van der Waals surface area (Å²) in [7, 11) is 0. The molecule has 7 heteroatoms. The van der Waals surface area contributed by atoms with Crippen LogP contribution in [0.1, 0.15) is 61.8 Å². The van der Waals surface area contributed by atoms with Crippen molar-refractivity contribution < 1.29 is 23.4 Å². The average molecular weight is 455 g/mol. The summed E-state index contributed by atoms with van der Waals surface area (Å²) in [5, 5.41) is 0. The van der Waals surface area contributed by atoms with Crippen LogP contribution in [-0.2, 0) is 20.7 Å². The molecule has 0 radical (unpaired) electrons. The van der Waals surface area contributed by atoms with Crippen molar-refractivity contribution in [3.05, 3.63) is 37.8 Å². The van der Waals surface area contributed by atoms with Gasteiger partial charge in [0.15, 0.2) is 17.7 Å². The fourth-order valence-electron chi connectivity index (χ4n) is 3.80. The Morgan fingerprint density at radius 1 is 1.37 bits per heavy atom. The first-order valence-electron chi connectivity index (χ1n) is 10.1. The van der Waals surface area contributed by atoms with Crippen LogP contribution >= 0.6 is 22.9 Å². The highest BCUT2D eigenvalue weighted by atomic mass is 35.5. The zero-order valence-corrected chi connectivity index (χ0v) is 19.9. The Hall–Kier alpha value is -1.63. The van der Waals surface area contributed by atoms with Gasteiger partial charge in [0.25, 0.3) is 0 Å². The molecule has 1 atom stereocenters. The lowest BCUT2D eigenvalue weighted by Gasteiger charge is -2.28. The molecule has 0 amide bonds. The second kappa shape index (κ2) is 8.85. The lowest BCUT2D eigenvalue weighted by Crippen LogP contribution is -2.29. The molecule has 0 bridgehead atoms. The molecule has 1 aliphatic rings. The summed E-state index contributed by atoms with van der Waals surface area (Å²) in [6.45, 7) is 12.0. The third-order valence-corrected chi connectivity index (χ3v) is 6.36. The van der Waals surface area contributed by atoms with E-state index in [2.05, 4.69) is 0 Å². The Bertz CT molecular complexity index is 961. The van der Waals surface area contributed by atoms with Crippen molar-refractivity contribution in [3.63, 3.8) is 0 Å². The van der Waals surface area contributed by atoms with E-state index in [0.717, 1.165) is 28.8 Å². The molecule has 0 fully saturated rings. The summed E-state index contributed by atoms with van der Waals surface area (Å²) in [5.74, 6) is -0.578. The molecule has 1 aliphatic heterocycles. The summed E-state index contributed by atoms with van der Waals surface area (Å²) in [5.41, 5.74) is 3.09. The van der Waals surface area contributed by atoms with E-state index in [1.165, 1.54) is 17.4 Å². The molecule has 0 saturated carbocycles. The summed E-state index contributed by atoms with van der Waals surface area (Å²) in [6, 6.07) is 1.45. The summed E-state index contributed by atoms with van der Waals surface area (Å²) < 4.78 is 32.4. The molecule has 0 spiro atoms. The van der Waals surface area contributed by atoms with Gasteiger partial charge in [-0.05, 0) is 71.6 Å². The van der Waals surface area contributed by atoms with Crippen LogP contribution in [0.4, 0.5) is 4.39 Å². The van der Waals surface area contributed by atoms with Gasteiger partial charge in [0.1, 0.15) is 4.34 Å². The number of halogens is 2. The molecule has 2 aromatic rings. The van der Waals surface area contributed by atoms with Gasteiger partial charge in [-0.3, -0.25) is 0 Å². The van der Waals surface area contributed by atoms with Crippen LogP contribution in [0.3, 0.4) is 0 Å². The number of hydrogen-bond acceptors (Lipinski definition) is 5. The fraction of sp³-hybridized carbons (Fsp3) is 0.522. The number of ether oxygens (including phenoxy) is 3. The molecular weight excluding hydrogens is 427 g/mol. The van der Waals surface area contributed by atoms with Gasteiger partial charge in [-0.2, -0.15) is 0 Å². The van der Waals surface area contributed by atoms with Crippen molar-refractivity contribution in [2.75, 3.05) is 13.2 Å². The van der Waals surface area contributed by atoms with E-state index < -0.39 is 23.5 Å². The Balaban J connectivity index is 2.23. The van der Waals surface area contributed by atoms with Gasteiger partial charge in [-0.15, -0.1) is 11.3 Å². The standard InChI is InChI=1S/C23H28ClFO4S/c1-7-27-22(26)20(29-23(4,5)6)17-13(3)30-21(24)18(17)15-11-16(25)19-14(12(15)2)9-8-10-28-19/h11,20H,7-10H2,1-6H3. The normalized spacial score (nSPS) is 14.8. The molecule has 1 unspecified atom stereocenters. The molecule has 0 N–H and O–H groups in total. The number of benzene rings is 1. The maximum atomic E-state index is 14.9. The minimum Gasteiger partial charge on any atom is -0.490 e. The van der Waals surface area contributed by atoms with E-state index in [1.54, 1.807) is 6.92 Å². The molecule has 0 aliphatic carbocycles. The highest BCUT2D eigenvalue weighted by Gasteiger charge is 2.35. The highest BCUT2D eigenvalue weighted by molar-refractivity contribution is 7.17. The minimum atomic E-state index is -0.960. The molecule has 0 saturated heterocycles. The molecule has 3 rings (SSSR count). The number of rotatable bonds is 5. The number of hydrogen-bond donors (Lipinski definition) is 0. The molecule has 4 nitrogen and oxygen atoms in total. The van der Waals surface area contributed by atoms with Crippen LogP contribution in [0.2, 0.25) is 4.34 Å². The van der Waals surface area contributed by atoms with E-state index in [-0.39, 0.29) is 6.61 Å². The number of thiophene rings is 1. The van der Waals surface area contributed by atoms with Gasteiger partial charge in [-0.25, -0.2) is 9.18 Å². The Kier molecular flexibility index (Phi) is 6.80. The van der Waals surface area contributed by atoms with E-state index in [4.69, 9.17) is 25.8 Å². The molecular formula is C23H28ClFO4S. The van der Waals surface area contributed by atoms with E-state index in [1.807, 2.05) is 34.6 Å². The van der Waals surface area contributed by atoms with E-state index >= 15 is 0 Å². The maximum Gasteiger partial charge on any atom is 0.340 e. The van der Waals surface area contributed by atoms with Crippen molar-refractivity contribution in [2.24, 2.45) is 0 Å². The second-order valence-electron chi connectivity index (χ2n) is 8.37. The lowest BCUT2D eigenvalue weighted by molar-refractivity contribution is -0.166. The predicted octanol–water partition coefficient (Wildman–Crippen LogP) is 6.57. The van der Waals surface area contributed by atoms with Crippen LogP contribution in [-0.4, -0.2) is 24.8 Å². The Labute approximate surface area is 186 Å². The Morgan fingerprint density at radius 3 is 2.70 bits per heavy atom. The van der Waals surface area contributed by atoms with Gasteiger partial charge in [0.2, 0.25) is 0 Å². The fourth-order valence-corrected chi connectivity index (χ4v) is 5.26. The van der Waals surface area contributed by atoms with E-state index in [0.29, 0.717) is 33.4 Å². The summed E-state index contributed by atoms with van der Waals surface area (Å²) in [4.78, 5) is 13.7. The van der Waals surface area contributed by atoms with Gasteiger partial charge in [0, 0.05) is 21.6 Å². The van der Waals surface area contributed by atoms with Crippen LogP contribution in [0, 0.1) is 19.7 Å². The smallest absolute Gasteiger partial charge is 0.340 e. The SMILES string of the molecule is CCOC(=O)C(OC(C)(C)C)c1c(C)sc(Cl)c1-c1cc(F)c2c(c1C)CCCO2. The largest absolute Gasteiger partial charge is 0.490 e.